The quantitative estimate of drug-likeness (QED) is 0.927. The lowest BCUT2D eigenvalue weighted by Gasteiger charge is -2.07. The zero-order valence-electron chi connectivity index (χ0n) is 8.80. The number of hydrogen-bond acceptors (Lipinski definition) is 4. The van der Waals surface area contributed by atoms with Crippen LogP contribution in [0.5, 0.6) is 11.6 Å². The minimum absolute atomic E-state index is 0.131. The van der Waals surface area contributed by atoms with E-state index in [-0.39, 0.29) is 16.7 Å². The van der Waals surface area contributed by atoms with Crippen molar-refractivity contribution in [2.45, 2.75) is 0 Å². The third kappa shape index (κ3) is 2.38. The molecule has 1 N–H and O–H groups in total. The summed E-state index contributed by atoms with van der Waals surface area (Å²) in [6, 6.07) is 4.12. The molecule has 0 atom stereocenters. The Morgan fingerprint density at radius 2 is 2.06 bits per heavy atom. The highest BCUT2D eigenvalue weighted by molar-refractivity contribution is 6.30. The molecule has 18 heavy (non-hydrogen) atoms. The normalized spacial score (nSPS) is 10.1. The first-order valence-electron chi connectivity index (χ1n) is 4.75. The highest BCUT2D eigenvalue weighted by Crippen LogP contribution is 2.28. The van der Waals surface area contributed by atoms with Crippen LogP contribution in [0.15, 0.2) is 30.6 Å². The van der Waals surface area contributed by atoms with Gasteiger partial charge in [-0.1, -0.05) is 17.7 Å². The number of aromatic carboxylic acids is 1. The second-order valence-electron chi connectivity index (χ2n) is 3.17. The molecule has 0 radical (unpaired) electrons. The number of hydrogen-bond donors (Lipinski definition) is 1. The maximum Gasteiger partial charge on any atom is 0.360 e. The van der Waals surface area contributed by atoms with E-state index in [2.05, 4.69) is 9.97 Å². The smallest absolute Gasteiger partial charge is 0.360 e. The molecule has 5 nitrogen and oxygen atoms in total. The van der Waals surface area contributed by atoms with E-state index >= 15 is 0 Å². The molecule has 0 unspecified atom stereocenters. The molecular formula is C11H6ClFN2O3. The molecule has 0 saturated heterocycles. The Hall–Kier alpha value is -2.21. The SMILES string of the molecule is O=C(O)c1nccnc1Oc1cccc(Cl)c1F. The van der Waals surface area contributed by atoms with Crippen molar-refractivity contribution in [3.05, 3.63) is 47.1 Å². The summed E-state index contributed by atoms with van der Waals surface area (Å²) < 4.78 is 18.6. The van der Waals surface area contributed by atoms with Gasteiger partial charge in [0.15, 0.2) is 11.6 Å². The van der Waals surface area contributed by atoms with Crippen molar-refractivity contribution in [3.8, 4) is 11.6 Å². The maximum atomic E-state index is 13.6. The molecule has 1 aromatic heterocycles. The van der Waals surface area contributed by atoms with Crippen molar-refractivity contribution >= 4 is 17.6 Å². The van der Waals surface area contributed by atoms with Gasteiger partial charge in [-0.2, -0.15) is 0 Å². The fourth-order valence-electron chi connectivity index (χ4n) is 1.21. The van der Waals surface area contributed by atoms with Crippen molar-refractivity contribution in [2.75, 3.05) is 0 Å². The van der Waals surface area contributed by atoms with Crippen LogP contribution in [-0.2, 0) is 0 Å². The number of nitrogens with zero attached hydrogens (tertiary/aromatic N) is 2. The van der Waals surface area contributed by atoms with E-state index in [1.165, 1.54) is 30.6 Å². The first-order chi connectivity index (χ1) is 8.59. The van der Waals surface area contributed by atoms with Gasteiger partial charge >= 0.3 is 5.97 Å². The van der Waals surface area contributed by atoms with Gasteiger partial charge in [-0.3, -0.25) is 0 Å². The topological polar surface area (TPSA) is 72.3 Å². The second-order valence-corrected chi connectivity index (χ2v) is 3.58. The minimum atomic E-state index is -1.32. The van der Waals surface area contributed by atoms with Crippen molar-refractivity contribution in [3.63, 3.8) is 0 Å². The number of rotatable bonds is 3. The standard InChI is InChI=1S/C11H6ClFN2O3/c12-6-2-1-3-7(8(6)13)18-10-9(11(16)17)14-4-5-15-10/h1-5H,(H,16,17). The Labute approximate surface area is 106 Å². The van der Waals surface area contributed by atoms with Gasteiger partial charge in [0.2, 0.25) is 5.69 Å². The van der Waals surface area contributed by atoms with Crippen molar-refractivity contribution in [1.29, 1.82) is 0 Å². The molecule has 0 aliphatic carbocycles. The zero-order valence-corrected chi connectivity index (χ0v) is 9.56. The van der Waals surface area contributed by atoms with Crippen LogP contribution in [0.1, 0.15) is 10.5 Å². The van der Waals surface area contributed by atoms with Gasteiger partial charge < -0.3 is 9.84 Å². The number of carboxylic acids is 1. The molecule has 0 bridgehead atoms. The van der Waals surface area contributed by atoms with Gasteiger partial charge in [0, 0.05) is 12.4 Å². The Bertz CT molecular complexity index is 607. The van der Waals surface area contributed by atoms with Crippen LogP contribution in [0.4, 0.5) is 4.39 Å². The first kappa shape index (κ1) is 12.3. The molecule has 0 amide bonds. The van der Waals surface area contributed by atoms with E-state index in [4.69, 9.17) is 21.4 Å². The molecular weight excluding hydrogens is 263 g/mol. The molecule has 7 heteroatoms. The number of carbonyl (C=O) groups is 1. The maximum absolute atomic E-state index is 13.6. The Balaban J connectivity index is 2.40. The van der Waals surface area contributed by atoms with Gasteiger partial charge in [-0.15, -0.1) is 0 Å². The summed E-state index contributed by atoms with van der Waals surface area (Å²) in [4.78, 5) is 18.1. The van der Waals surface area contributed by atoms with Crippen LogP contribution in [0.2, 0.25) is 5.02 Å². The lowest BCUT2D eigenvalue weighted by Crippen LogP contribution is -2.05. The van der Waals surface area contributed by atoms with Gasteiger partial charge in [0.05, 0.1) is 5.02 Å². The summed E-state index contributed by atoms with van der Waals surface area (Å²) in [5.74, 6) is -2.63. The van der Waals surface area contributed by atoms with Crippen molar-refractivity contribution in [1.82, 2.24) is 9.97 Å². The van der Waals surface area contributed by atoms with Gasteiger partial charge in [0.25, 0.3) is 5.88 Å². The molecule has 0 saturated carbocycles. The van der Waals surface area contributed by atoms with E-state index in [1.54, 1.807) is 0 Å². The van der Waals surface area contributed by atoms with E-state index in [1.807, 2.05) is 0 Å². The molecule has 2 aromatic rings. The van der Waals surface area contributed by atoms with Crippen molar-refractivity contribution < 1.29 is 19.0 Å². The monoisotopic (exact) mass is 268 g/mol. The van der Waals surface area contributed by atoms with E-state index < -0.39 is 17.5 Å². The molecule has 1 heterocycles. The van der Waals surface area contributed by atoms with Gasteiger partial charge in [0.1, 0.15) is 0 Å². The summed E-state index contributed by atoms with van der Waals surface area (Å²) in [5, 5.41) is 8.73. The van der Waals surface area contributed by atoms with Gasteiger partial charge in [-0.25, -0.2) is 19.2 Å². The van der Waals surface area contributed by atoms with Crippen LogP contribution >= 0.6 is 11.6 Å². The van der Waals surface area contributed by atoms with E-state index in [0.717, 1.165) is 0 Å². The fraction of sp³-hybridized carbons (Fsp3) is 0. The summed E-state index contributed by atoms with van der Waals surface area (Å²) in [6.45, 7) is 0. The zero-order chi connectivity index (χ0) is 13.1. The second kappa shape index (κ2) is 4.97. The van der Waals surface area contributed by atoms with Gasteiger partial charge in [-0.05, 0) is 12.1 Å². The van der Waals surface area contributed by atoms with Crippen LogP contribution in [0.25, 0.3) is 0 Å². The van der Waals surface area contributed by atoms with Crippen molar-refractivity contribution in [2.24, 2.45) is 0 Å². The lowest BCUT2D eigenvalue weighted by atomic mass is 10.3. The lowest BCUT2D eigenvalue weighted by molar-refractivity contribution is 0.0686. The molecule has 0 aliphatic rings. The minimum Gasteiger partial charge on any atom is -0.476 e. The average Bonchev–Trinajstić information content (AvgIpc) is 2.35. The fourth-order valence-corrected chi connectivity index (χ4v) is 1.38. The number of carboxylic acid groups (broad SMARTS) is 1. The molecule has 92 valence electrons. The number of halogens is 2. The van der Waals surface area contributed by atoms with E-state index in [9.17, 15) is 9.18 Å². The first-order valence-corrected chi connectivity index (χ1v) is 5.13. The largest absolute Gasteiger partial charge is 0.476 e. The summed E-state index contributed by atoms with van der Waals surface area (Å²) in [7, 11) is 0. The Morgan fingerprint density at radius 3 is 2.78 bits per heavy atom. The van der Waals surface area contributed by atoms with Crippen LogP contribution < -0.4 is 4.74 Å². The van der Waals surface area contributed by atoms with E-state index in [0.29, 0.717) is 0 Å². The number of benzene rings is 1. The Morgan fingerprint density at radius 1 is 1.33 bits per heavy atom. The van der Waals surface area contributed by atoms with Crippen LogP contribution in [0, 0.1) is 5.82 Å². The number of aromatic nitrogens is 2. The predicted octanol–water partition coefficient (Wildman–Crippen LogP) is 2.76. The third-order valence-electron chi connectivity index (χ3n) is 1.99. The predicted molar refractivity (Wildman–Crippen MR) is 60.5 cm³/mol. The highest BCUT2D eigenvalue weighted by atomic mass is 35.5. The Kier molecular flexibility index (Phi) is 3.38. The molecule has 0 spiro atoms. The average molecular weight is 269 g/mol. The highest BCUT2D eigenvalue weighted by Gasteiger charge is 2.17. The van der Waals surface area contributed by atoms with Crippen LogP contribution in [-0.4, -0.2) is 21.0 Å². The molecule has 1 aromatic carbocycles. The third-order valence-corrected chi connectivity index (χ3v) is 2.28. The number of ether oxygens (including phenoxy) is 1. The van der Waals surface area contributed by atoms with Crippen LogP contribution in [0.3, 0.4) is 0 Å². The molecule has 0 aliphatic heterocycles. The summed E-state index contributed by atoms with van der Waals surface area (Å²) in [6.07, 6.45) is 2.44. The molecule has 0 fully saturated rings. The summed E-state index contributed by atoms with van der Waals surface area (Å²) >= 11 is 5.58. The molecule has 2 rings (SSSR count). The summed E-state index contributed by atoms with van der Waals surface area (Å²) in [5.41, 5.74) is -0.406.